The highest BCUT2D eigenvalue weighted by atomic mass is 31.2. The summed E-state index contributed by atoms with van der Waals surface area (Å²) < 4.78 is 56.8. The molecule has 1 saturated heterocycles. The second-order valence-corrected chi connectivity index (χ2v) is 16.4. The molecule has 0 saturated carbocycles. The molecule has 1 aliphatic heterocycles. The highest BCUT2D eigenvalue weighted by Crippen LogP contribution is 2.47. The van der Waals surface area contributed by atoms with Gasteiger partial charge in [-0.15, -0.1) is 0 Å². The number of phosphoric acid groups is 1. The number of rotatable bonds is 29. The average Bonchev–Trinajstić information content (AvgIpc) is 3.76. The first-order valence-corrected chi connectivity index (χ1v) is 22.1. The molecule has 0 amide bonds. The van der Waals surface area contributed by atoms with Crippen LogP contribution >= 0.6 is 7.82 Å². The minimum atomic E-state index is -4.93. The predicted molar refractivity (Wildman–Crippen MR) is 213 cm³/mol. The van der Waals surface area contributed by atoms with Gasteiger partial charge in [-0.3, -0.25) is 9.05 Å². The molecule has 0 spiro atoms. The molecule has 0 radical (unpaired) electrons. The molecule has 15 nitrogen and oxygen atoms in total. The number of hydrogen-bond donors (Lipinski definition) is 4. The summed E-state index contributed by atoms with van der Waals surface area (Å²) in [6.45, 7) is 0.897. The van der Waals surface area contributed by atoms with E-state index in [1.54, 1.807) is 12.1 Å². The molecular weight excluding hydrogens is 770 g/mol. The van der Waals surface area contributed by atoms with E-state index < -0.39 is 56.9 Å². The number of hydrogen-bond acceptors (Lipinski definition) is 13. The summed E-state index contributed by atoms with van der Waals surface area (Å²) >= 11 is 0. The lowest BCUT2D eigenvalue weighted by Gasteiger charge is -2.26. The third-order valence-electron chi connectivity index (χ3n) is 10.4. The van der Waals surface area contributed by atoms with Gasteiger partial charge in [-0.05, 0) is 30.7 Å². The molecule has 3 heterocycles. The van der Waals surface area contributed by atoms with Gasteiger partial charge >= 0.3 is 7.82 Å². The van der Waals surface area contributed by atoms with Crippen molar-refractivity contribution in [2.45, 2.75) is 146 Å². The zero-order chi connectivity index (χ0) is 41.8. The molecule has 0 aliphatic carbocycles. The van der Waals surface area contributed by atoms with Crippen molar-refractivity contribution in [3.05, 3.63) is 59.3 Å². The van der Waals surface area contributed by atoms with E-state index in [1.807, 2.05) is 6.07 Å². The number of phosphoric ester groups is 1. The van der Waals surface area contributed by atoms with Crippen LogP contribution in [-0.4, -0.2) is 80.0 Å². The van der Waals surface area contributed by atoms with Gasteiger partial charge in [0.05, 0.1) is 37.1 Å². The molecule has 4 rings (SSSR count). The highest BCUT2D eigenvalue weighted by Gasteiger charge is 2.57. The molecule has 1 unspecified atom stereocenters. The second-order valence-electron chi connectivity index (χ2n) is 14.9. The molecule has 1 aromatic carbocycles. The van der Waals surface area contributed by atoms with Crippen LogP contribution < -0.4 is 5.73 Å². The zero-order valence-corrected chi connectivity index (χ0v) is 34.4. The van der Waals surface area contributed by atoms with Gasteiger partial charge in [0.2, 0.25) is 5.60 Å². The molecule has 1 aliphatic rings. The van der Waals surface area contributed by atoms with E-state index in [0.717, 1.165) is 25.3 Å². The van der Waals surface area contributed by atoms with Gasteiger partial charge in [0.15, 0.2) is 5.82 Å². The van der Waals surface area contributed by atoms with Crippen LogP contribution in [0.3, 0.4) is 0 Å². The van der Waals surface area contributed by atoms with Gasteiger partial charge in [0.25, 0.3) is 0 Å². The summed E-state index contributed by atoms with van der Waals surface area (Å²) in [5, 5.41) is 45.0. The van der Waals surface area contributed by atoms with Crippen LogP contribution in [0, 0.1) is 28.5 Å². The van der Waals surface area contributed by atoms with Crippen LogP contribution in [0.1, 0.15) is 133 Å². The Balaban J connectivity index is 1.21. The molecule has 5 N–H and O–H groups in total. The summed E-state index contributed by atoms with van der Waals surface area (Å²) in [5.74, 6) is -0.497. The molecule has 58 heavy (non-hydrogen) atoms. The molecule has 1 fully saturated rings. The summed E-state index contributed by atoms with van der Waals surface area (Å²) in [5.41, 5.74) is 4.57. The third-order valence-corrected chi connectivity index (χ3v) is 11.3. The van der Waals surface area contributed by atoms with E-state index in [2.05, 4.69) is 17.0 Å². The fraction of sp³-hybridized carbons (Fsp3) is 0.659. The van der Waals surface area contributed by atoms with E-state index >= 15 is 0 Å². The molecule has 2 aromatic heterocycles. The smallest absolute Gasteiger partial charge is 0.387 e. The molecule has 17 heteroatoms. The zero-order valence-electron chi connectivity index (χ0n) is 33.6. The number of aliphatic hydroxyl groups excluding tert-OH is 2. The van der Waals surface area contributed by atoms with Gasteiger partial charge in [-0.2, -0.15) is 15.6 Å². The van der Waals surface area contributed by atoms with E-state index in [1.165, 1.54) is 113 Å². The maximum absolute atomic E-state index is 14.6. The number of nitriles is 2. The van der Waals surface area contributed by atoms with Crippen LogP contribution in [-0.2, 0) is 34.4 Å². The maximum Gasteiger partial charge on any atom is 0.472 e. The Bertz CT molecular complexity index is 1820. The van der Waals surface area contributed by atoms with Crippen molar-refractivity contribution in [1.82, 2.24) is 14.6 Å². The first-order valence-electron chi connectivity index (χ1n) is 20.6. The van der Waals surface area contributed by atoms with E-state index in [0.29, 0.717) is 12.1 Å². The van der Waals surface area contributed by atoms with Crippen molar-refractivity contribution in [2.75, 3.05) is 32.2 Å². The topological polar surface area (TPSA) is 228 Å². The quantitative estimate of drug-likeness (QED) is 0.0396. The lowest BCUT2D eigenvalue weighted by Crippen LogP contribution is -2.45. The van der Waals surface area contributed by atoms with Gasteiger partial charge in [-0.1, -0.05) is 109 Å². The summed E-state index contributed by atoms with van der Waals surface area (Å²) in [7, 11) is -4.93. The van der Waals surface area contributed by atoms with Crippen molar-refractivity contribution >= 4 is 19.2 Å². The fourth-order valence-electron chi connectivity index (χ4n) is 6.92. The lowest BCUT2D eigenvalue weighted by atomic mass is 9.96. The number of anilines is 1. The Morgan fingerprint density at radius 2 is 1.59 bits per heavy atom. The average molecular weight is 831 g/mol. The molecule has 0 bridgehead atoms. The Kier molecular flexibility index (Phi) is 19.9. The monoisotopic (exact) mass is 830 g/mol. The number of aromatic nitrogens is 3. The van der Waals surface area contributed by atoms with Gasteiger partial charge in [0.1, 0.15) is 54.8 Å². The van der Waals surface area contributed by atoms with Crippen LogP contribution in [0.5, 0.6) is 0 Å². The Hall–Kier alpha value is -3.54. The van der Waals surface area contributed by atoms with Crippen molar-refractivity contribution in [1.29, 1.82) is 10.5 Å². The number of nitrogens with zero attached hydrogens (tertiary/aromatic N) is 5. The Morgan fingerprint density at radius 1 is 0.948 bits per heavy atom. The van der Waals surface area contributed by atoms with Crippen LogP contribution in [0.4, 0.5) is 10.2 Å². The summed E-state index contributed by atoms with van der Waals surface area (Å²) in [6.07, 6.45) is 15.4. The fourth-order valence-corrected chi connectivity index (χ4v) is 7.70. The highest BCUT2D eigenvalue weighted by molar-refractivity contribution is 7.47. The third kappa shape index (κ3) is 14.3. The van der Waals surface area contributed by atoms with Gasteiger partial charge in [0, 0.05) is 12.2 Å². The standard InChI is InChI=1S/C41H60FN6O9P/c1-2-3-4-5-6-7-8-9-10-11-12-13-14-15-16-17-22-53-26-33(54-25-32-19-18-31(24-43)23-34(32)42)27-55-58(51,52)56-29-41(28-44)39(50)37(49)38(57-41)35-20-21-36-40(45)46-30-47-48(35)36/h18-21,23,30,33,37-39,49-50H,2-17,22,25-27,29H2,1H3,(H,51,52)(H2,45,46,47)/t33-,37+,38+,39+,41-/m1/s1. The Labute approximate surface area is 340 Å². The first kappa shape index (κ1) is 47.1. The number of fused-ring (bicyclic) bond motifs is 1. The number of unbranched alkanes of at least 4 members (excludes halogenated alkanes) is 15. The minimum Gasteiger partial charge on any atom is -0.387 e. The summed E-state index contributed by atoms with van der Waals surface area (Å²) in [6, 6.07) is 10.7. The number of aliphatic hydroxyl groups is 2. The lowest BCUT2D eigenvalue weighted by molar-refractivity contribution is -0.0791. The number of nitrogen functional groups attached to an aromatic ring is 1. The van der Waals surface area contributed by atoms with Crippen molar-refractivity contribution in [2.24, 2.45) is 0 Å². The minimum absolute atomic E-state index is 0.0478. The van der Waals surface area contributed by atoms with Crippen LogP contribution in [0.15, 0.2) is 36.7 Å². The molecule has 6 atom stereocenters. The van der Waals surface area contributed by atoms with Gasteiger partial charge in [-0.25, -0.2) is 18.5 Å². The van der Waals surface area contributed by atoms with Crippen molar-refractivity contribution in [3.63, 3.8) is 0 Å². The maximum atomic E-state index is 14.6. The van der Waals surface area contributed by atoms with Crippen molar-refractivity contribution < 1.29 is 47.3 Å². The molecular formula is C41H60FN6O9P. The molecule has 320 valence electrons. The Morgan fingerprint density at radius 3 is 2.19 bits per heavy atom. The largest absolute Gasteiger partial charge is 0.472 e. The van der Waals surface area contributed by atoms with E-state index in [-0.39, 0.29) is 35.9 Å². The number of benzene rings is 1. The SMILES string of the molecule is CCCCCCCCCCCCCCCCCCOC[C@H](COP(=O)(O)OC[C@@]1(C#N)O[C@@H](c2ccc3c(N)ncnn23)[C@H](O)[C@@H]1O)OCc1ccc(C#N)cc1F. The van der Waals surface area contributed by atoms with Crippen molar-refractivity contribution in [3.8, 4) is 12.1 Å². The van der Waals surface area contributed by atoms with Crippen LogP contribution in [0.25, 0.3) is 5.52 Å². The van der Waals surface area contributed by atoms with Gasteiger partial charge < -0.3 is 35.1 Å². The van der Waals surface area contributed by atoms with E-state index in [9.17, 15) is 29.3 Å². The normalized spacial score (nSPS) is 20.8. The molecule has 3 aromatic rings. The second kappa shape index (κ2) is 24.5. The first-order chi connectivity index (χ1) is 28.0. The number of ether oxygens (including phenoxy) is 3. The summed E-state index contributed by atoms with van der Waals surface area (Å²) in [4.78, 5) is 14.5. The van der Waals surface area contributed by atoms with Crippen LogP contribution in [0.2, 0.25) is 0 Å². The van der Waals surface area contributed by atoms with E-state index in [4.69, 9.17) is 34.3 Å². The number of nitrogens with two attached hydrogens (primary N) is 1. The number of halogens is 1. The predicted octanol–water partition coefficient (Wildman–Crippen LogP) is 7.37.